The number of rotatable bonds is 6. The maximum absolute atomic E-state index is 12.3. The van der Waals surface area contributed by atoms with E-state index in [0.29, 0.717) is 17.7 Å². The minimum Gasteiger partial charge on any atom is -0.309 e. The topological polar surface area (TPSA) is 72.7 Å². The van der Waals surface area contributed by atoms with Gasteiger partial charge in [-0.2, -0.15) is 0 Å². The Hall–Kier alpha value is -2.54. The molecule has 0 atom stereocenters. The Kier molecular flexibility index (Phi) is 5.23. The van der Waals surface area contributed by atoms with Gasteiger partial charge in [-0.15, -0.1) is 0 Å². The van der Waals surface area contributed by atoms with Crippen molar-refractivity contribution < 1.29 is 0 Å². The number of nitrogens with zero attached hydrogens (tertiary/aromatic N) is 3. The molecule has 6 nitrogen and oxygen atoms in total. The number of hydrogen-bond donors (Lipinski definition) is 1. The lowest BCUT2D eigenvalue weighted by Gasteiger charge is -2.06. The number of benzene rings is 1. The lowest BCUT2D eigenvalue weighted by atomic mass is 10.2. The maximum Gasteiger partial charge on any atom is 0.329 e. The van der Waals surface area contributed by atoms with Gasteiger partial charge < -0.3 is 4.57 Å². The predicted molar refractivity (Wildman–Crippen MR) is 101 cm³/mol. The van der Waals surface area contributed by atoms with Crippen LogP contribution in [-0.4, -0.2) is 24.9 Å². The molecule has 0 spiro atoms. The molecule has 0 saturated carbocycles. The van der Waals surface area contributed by atoms with Crippen molar-refractivity contribution in [2.75, 3.05) is 5.75 Å². The normalized spacial score (nSPS) is 11.6. The van der Waals surface area contributed by atoms with Crippen molar-refractivity contribution >= 4 is 22.9 Å². The van der Waals surface area contributed by atoms with Gasteiger partial charge in [-0.3, -0.25) is 14.3 Å². The van der Waals surface area contributed by atoms with Crippen LogP contribution < -0.4 is 11.2 Å². The van der Waals surface area contributed by atoms with Crippen LogP contribution in [0.15, 0.2) is 57.2 Å². The number of allylic oxidation sites excluding steroid dienone is 2. The fraction of sp³-hybridized carbons (Fsp3) is 0.278. The summed E-state index contributed by atoms with van der Waals surface area (Å²) in [6, 6.07) is 10.2. The van der Waals surface area contributed by atoms with E-state index in [2.05, 4.69) is 22.1 Å². The number of imidazole rings is 1. The van der Waals surface area contributed by atoms with Gasteiger partial charge in [-0.1, -0.05) is 54.2 Å². The molecule has 3 aromatic rings. The van der Waals surface area contributed by atoms with E-state index in [1.807, 2.05) is 41.8 Å². The average Bonchev–Trinajstić information content (AvgIpc) is 2.98. The van der Waals surface area contributed by atoms with Gasteiger partial charge in [-0.05, 0) is 18.9 Å². The molecule has 0 unspecified atom stereocenters. The summed E-state index contributed by atoms with van der Waals surface area (Å²) in [6.45, 7) is 2.48. The number of aromatic amines is 1. The molecule has 0 aliphatic carbocycles. The number of fused-ring (bicyclic) bond motifs is 1. The minimum absolute atomic E-state index is 0.398. The third-order valence-electron chi connectivity index (χ3n) is 3.96. The number of thioether (sulfide) groups is 1. The molecule has 3 rings (SSSR count). The molecule has 0 fully saturated rings. The van der Waals surface area contributed by atoms with E-state index in [9.17, 15) is 9.59 Å². The van der Waals surface area contributed by atoms with E-state index in [0.717, 1.165) is 17.3 Å². The van der Waals surface area contributed by atoms with Crippen molar-refractivity contribution in [1.29, 1.82) is 0 Å². The third kappa shape index (κ3) is 3.61. The Balaban J connectivity index is 1.95. The van der Waals surface area contributed by atoms with Crippen LogP contribution in [0.1, 0.15) is 12.5 Å². The highest BCUT2D eigenvalue weighted by Gasteiger charge is 2.16. The van der Waals surface area contributed by atoms with Crippen LogP contribution in [0, 0.1) is 0 Å². The number of aryl methyl sites for hydroxylation is 2. The zero-order valence-electron chi connectivity index (χ0n) is 14.2. The van der Waals surface area contributed by atoms with Crippen molar-refractivity contribution in [3.05, 3.63) is 68.9 Å². The lowest BCUT2D eigenvalue weighted by molar-refractivity contribution is 0.743. The molecule has 25 heavy (non-hydrogen) atoms. The molecule has 0 bridgehead atoms. The first-order valence-electron chi connectivity index (χ1n) is 8.09. The SMILES string of the molecule is C/C=C/Cn1c(SCCc2ccccc2)nc2c1c(=O)[nH]c(=O)n2C. The Bertz CT molecular complexity index is 1020. The first-order chi connectivity index (χ1) is 12.1. The Labute approximate surface area is 149 Å². The maximum atomic E-state index is 12.3. The molecular formula is C18H20N4O2S. The predicted octanol–water partition coefficient (Wildman–Crippen LogP) is 2.33. The van der Waals surface area contributed by atoms with Gasteiger partial charge in [0, 0.05) is 19.3 Å². The molecule has 0 saturated heterocycles. The van der Waals surface area contributed by atoms with Gasteiger partial charge in [0.05, 0.1) is 0 Å². The van der Waals surface area contributed by atoms with Gasteiger partial charge in [-0.25, -0.2) is 9.78 Å². The quantitative estimate of drug-likeness (QED) is 0.543. The first-order valence-corrected chi connectivity index (χ1v) is 9.07. The second-order valence-electron chi connectivity index (χ2n) is 5.65. The summed E-state index contributed by atoms with van der Waals surface area (Å²) in [5, 5.41) is 0.746. The van der Waals surface area contributed by atoms with Crippen LogP contribution in [0.25, 0.3) is 11.2 Å². The molecule has 7 heteroatoms. The molecule has 1 N–H and O–H groups in total. The monoisotopic (exact) mass is 356 g/mol. The summed E-state index contributed by atoms with van der Waals surface area (Å²) in [7, 11) is 1.62. The Morgan fingerprint density at radius 2 is 2.00 bits per heavy atom. The fourth-order valence-corrected chi connectivity index (χ4v) is 3.60. The van der Waals surface area contributed by atoms with Crippen molar-refractivity contribution in [1.82, 2.24) is 19.1 Å². The molecular weight excluding hydrogens is 336 g/mol. The van der Waals surface area contributed by atoms with Crippen LogP contribution in [-0.2, 0) is 20.0 Å². The molecule has 2 aromatic heterocycles. The number of H-pyrrole nitrogens is 1. The lowest BCUT2D eigenvalue weighted by Crippen LogP contribution is -2.29. The summed E-state index contributed by atoms with van der Waals surface area (Å²) in [5.41, 5.74) is 1.26. The molecule has 2 heterocycles. The Morgan fingerprint density at radius 3 is 2.72 bits per heavy atom. The molecule has 1 aromatic carbocycles. The fourth-order valence-electron chi connectivity index (χ4n) is 2.61. The Morgan fingerprint density at radius 1 is 1.24 bits per heavy atom. The molecule has 0 amide bonds. The molecule has 0 aliphatic heterocycles. The van der Waals surface area contributed by atoms with E-state index < -0.39 is 11.2 Å². The van der Waals surface area contributed by atoms with Gasteiger partial charge >= 0.3 is 5.69 Å². The van der Waals surface area contributed by atoms with E-state index >= 15 is 0 Å². The summed E-state index contributed by atoms with van der Waals surface area (Å²) >= 11 is 1.59. The van der Waals surface area contributed by atoms with Gasteiger partial charge in [0.1, 0.15) is 0 Å². The largest absolute Gasteiger partial charge is 0.329 e. The van der Waals surface area contributed by atoms with E-state index in [4.69, 9.17) is 0 Å². The standard InChI is InChI=1S/C18H20N4O2S/c1-3-4-11-22-14-15(21(2)17(24)20-16(14)23)19-18(22)25-12-10-13-8-6-5-7-9-13/h3-9H,10-12H2,1-2H3,(H,20,23,24)/b4-3+. The van der Waals surface area contributed by atoms with Crippen molar-refractivity contribution in [2.24, 2.45) is 7.05 Å². The summed E-state index contributed by atoms with van der Waals surface area (Å²) in [5.74, 6) is 0.842. The summed E-state index contributed by atoms with van der Waals surface area (Å²) in [4.78, 5) is 31.0. The first kappa shape index (κ1) is 17.3. The van der Waals surface area contributed by atoms with E-state index in [1.165, 1.54) is 10.1 Å². The number of hydrogen-bond acceptors (Lipinski definition) is 4. The van der Waals surface area contributed by atoms with Gasteiger partial charge in [0.25, 0.3) is 5.56 Å². The van der Waals surface area contributed by atoms with Crippen molar-refractivity contribution in [3.63, 3.8) is 0 Å². The molecule has 130 valence electrons. The highest BCUT2D eigenvalue weighted by molar-refractivity contribution is 7.99. The minimum atomic E-state index is -0.450. The van der Waals surface area contributed by atoms with Crippen LogP contribution in [0.4, 0.5) is 0 Å². The zero-order chi connectivity index (χ0) is 17.8. The number of aromatic nitrogens is 4. The van der Waals surface area contributed by atoms with Crippen molar-refractivity contribution in [3.8, 4) is 0 Å². The highest BCUT2D eigenvalue weighted by Crippen LogP contribution is 2.22. The summed E-state index contributed by atoms with van der Waals surface area (Å²) in [6.07, 6.45) is 4.81. The second kappa shape index (κ2) is 7.57. The van der Waals surface area contributed by atoms with Crippen LogP contribution in [0.5, 0.6) is 0 Å². The third-order valence-corrected chi connectivity index (χ3v) is 4.94. The highest BCUT2D eigenvalue weighted by atomic mass is 32.2. The number of nitrogens with one attached hydrogen (secondary N) is 1. The molecule has 0 radical (unpaired) electrons. The summed E-state index contributed by atoms with van der Waals surface area (Å²) < 4.78 is 3.24. The van der Waals surface area contributed by atoms with E-state index in [1.54, 1.807) is 18.8 Å². The van der Waals surface area contributed by atoms with Crippen LogP contribution in [0.3, 0.4) is 0 Å². The average molecular weight is 356 g/mol. The second-order valence-corrected chi connectivity index (χ2v) is 6.71. The zero-order valence-corrected chi connectivity index (χ0v) is 15.0. The van der Waals surface area contributed by atoms with Gasteiger partial charge in [0.15, 0.2) is 16.3 Å². The van der Waals surface area contributed by atoms with Crippen LogP contribution >= 0.6 is 11.8 Å². The van der Waals surface area contributed by atoms with E-state index in [-0.39, 0.29) is 0 Å². The smallest absolute Gasteiger partial charge is 0.309 e. The van der Waals surface area contributed by atoms with Crippen molar-refractivity contribution in [2.45, 2.75) is 25.0 Å². The van der Waals surface area contributed by atoms with Crippen LogP contribution in [0.2, 0.25) is 0 Å². The molecule has 0 aliphatic rings. The van der Waals surface area contributed by atoms with Gasteiger partial charge in [0.2, 0.25) is 0 Å².